The van der Waals surface area contributed by atoms with Gasteiger partial charge in [-0.05, 0) is 24.1 Å². The highest BCUT2D eigenvalue weighted by atomic mass is 32.1. The summed E-state index contributed by atoms with van der Waals surface area (Å²) in [6.07, 6.45) is 9.89. The Bertz CT molecular complexity index is 172. The maximum Gasteiger partial charge on any atom is 0.111 e. The van der Waals surface area contributed by atoms with Crippen molar-refractivity contribution in [1.29, 1.82) is 0 Å². The third kappa shape index (κ3) is 13.5. The second-order valence-electron chi connectivity index (χ2n) is 3.56. The van der Waals surface area contributed by atoms with Crippen LogP contribution in [0.3, 0.4) is 0 Å². The third-order valence-electron chi connectivity index (χ3n) is 2.24. The minimum Gasteiger partial charge on any atom is -0.434 e. The summed E-state index contributed by atoms with van der Waals surface area (Å²) in [4.78, 5) is 7.15. The van der Waals surface area contributed by atoms with Crippen molar-refractivity contribution in [2.75, 3.05) is 12.4 Å². The molecule has 0 saturated heterocycles. The zero-order chi connectivity index (χ0) is 11.2. The quantitative estimate of drug-likeness (QED) is 0.141. The van der Waals surface area contributed by atoms with Gasteiger partial charge in [-0.1, -0.05) is 38.5 Å². The van der Waals surface area contributed by atoms with E-state index in [0.717, 1.165) is 18.6 Å². The Hall–Kier alpha value is -0.540. The van der Waals surface area contributed by atoms with E-state index in [4.69, 9.17) is 5.53 Å². The van der Waals surface area contributed by atoms with Crippen molar-refractivity contribution in [2.24, 2.45) is 5.28 Å². The molecule has 0 unspecified atom stereocenters. The monoisotopic (exact) mass is 231 g/mol. The Labute approximate surface area is 97.4 Å². The van der Waals surface area contributed by atoms with Crippen LogP contribution in [0, 0.1) is 0 Å². The molecule has 0 radical (unpaired) electrons. The molecular formula is C10H21N3OS. The number of hydrogen-bond acceptors (Lipinski definition) is 3. The summed E-state index contributed by atoms with van der Waals surface area (Å²) in [6.45, 7) is 0.545. The minimum absolute atomic E-state index is 0.545. The van der Waals surface area contributed by atoms with E-state index in [0.29, 0.717) is 6.61 Å². The number of azide groups is 1. The van der Waals surface area contributed by atoms with Crippen molar-refractivity contribution >= 4 is 12.6 Å². The predicted octanol–water partition coefficient (Wildman–Crippen LogP) is 4.28. The van der Waals surface area contributed by atoms with E-state index in [9.17, 15) is 0 Å². The molecule has 0 aromatic carbocycles. The highest BCUT2D eigenvalue weighted by Gasteiger charge is 1.91. The van der Waals surface area contributed by atoms with Crippen LogP contribution in [0.25, 0.3) is 10.4 Å². The van der Waals surface area contributed by atoms with Gasteiger partial charge >= 0.3 is 0 Å². The van der Waals surface area contributed by atoms with Crippen LogP contribution >= 0.6 is 12.6 Å². The highest BCUT2D eigenvalue weighted by molar-refractivity contribution is 7.80. The number of rotatable bonds is 11. The molecule has 0 aromatic rings. The van der Waals surface area contributed by atoms with Gasteiger partial charge in [0.1, 0.15) is 5.28 Å². The molecule has 88 valence electrons. The van der Waals surface area contributed by atoms with Crippen LogP contribution in [-0.2, 0) is 4.84 Å². The van der Waals surface area contributed by atoms with Gasteiger partial charge in [-0.3, -0.25) is 0 Å². The molecule has 0 amide bonds. The van der Waals surface area contributed by atoms with Crippen LogP contribution < -0.4 is 0 Å². The number of thiol groups is 1. The fourth-order valence-electron chi connectivity index (χ4n) is 1.41. The van der Waals surface area contributed by atoms with Crippen molar-refractivity contribution in [3.05, 3.63) is 10.4 Å². The zero-order valence-corrected chi connectivity index (χ0v) is 10.2. The topological polar surface area (TPSA) is 58.0 Å². The lowest BCUT2D eigenvalue weighted by Gasteiger charge is -2.01. The summed E-state index contributed by atoms with van der Waals surface area (Å²) < 4.78 is 0. The smallest absolute Gasteiger partial charge is 0.111 e. The average Bonchev–Trinajstić information content (AvgIpc) is 2.26. The summed E-state index contributed by atoms with van der Waals surface area (Å²) in [7, 11) is 0. The second-order valence-corrected chi connectivity index (χ2v) is 4.00. The molecule has 0 aliphatic carbocycles. The summed E-state index contributed by atoms with van der Waals surface area (Å²) in [5.41, 5.74) is 7.94. The molecule has 0 heterocycles. The van der Waals surface area contributed by atoms with Crippen molar-refractivity contribution in [3.63, 3.8) is 0 Å². The van der Waals surface area contributed by atoms with Crippen LogP contribution in [0.4, 0.5) is 0 Å². The van der Waals surface area contributed by atoms with E-state index in [1.54, 1.807) is 0 Å². The lowest BCUT2D eigenvalue weighted by Crippen LogP contribution is -1.87. The van der Waals surface area contributed by atoms with E-state index >= 15 is 0 Å². The molecule has 0 N–H and O–H groups in total. The SMILES string of the molecule is [N-]=[N+]=NOCCCCCCCCCCS. The van der Waals surface area contributed by atoms with Crippen LogP contribution in [-0.4, -0.2) is 12.4 Å². The lowest BCUT2D eigenvalue weighted by atomic mass is 10.1. The first-order chi connectivity index (χ1) is 7.41. The summed E-state index contributed by atoms with van der Waals surface area (Å²) >= 11 is 4.17. The Balaban J connectivity index is 2.89. The largest absolute Gasteiger partial charge is 0.434 e. The minimum atomic E-state index is 0.545. The van der Waals surface area contributed by atoms with Gasteiger partial charge in [-0.2, -0.15) is 12.6 Å². The molecule has 0 fully saturated rings. The molecule has 0 bridgehead atoms. The number of unbranched alkanes of at least 4 members (excludes halogenated alkanes) is 7. The number of hydrogen-bond donors (Lipinski definition) is 1. The molecule has 0 rings (SSSR count). The highest BCUT2D eigenvalue weighted by Crippen LogP contribution is 2.08. The molecule has 4 nitrogen and oxygen atoms in total. The molecule has 0 aromatic heterocycles. The Morgan fingerprint density at radius 2 is 1.47 bits per heavy atom. The van der Waals surface area contributed by atoms with Gasteiger partial charge in [0.05, 0.1) is 6.61 Å². The summed E-state index contributed by atoms with van der Waals surface area (Å²) in [5, 5.41) is 3.01. The maximum atomic E-state index is 7.94. The Morgan fingerprint density at radius 3 is 2.00 bits per heavy atom. The van der Waals surface area contributed by atoms with Gasteiger partial charge in [0.25, 0.3) is 0 Å². The van der Waals surface area contributed by atoms with Gasteiger partial charge in [0.15, 0.2) is 0 Å². The first-order valence-electron chi connectivity index (χ1n) is 5.69. The van der Waals surface area contributed by atoms with Gasteiger partial charge in [0, 0.05) is 4.91 Å². The van der Waals surface area contributed by atoms with Gasteiger partial charge in [0.2, 0.25) is 0 Å². The summed E-state index contributed by atoms with van der Waals surface area (Å²) in [6, 6.07) is 0. The summed E-state index contributed by atoms with van der Waals surface area (Å²) in [5.74, 6) is 1.01. The molecule has 0 aliphatic rings. The van der Waals surface area contributed by atoms with E-state index in [2.05, 4.69) is 27.7 Å². The first-order valence-corrected chi connectivity index (χ1v) is 6.32. The van der Waals surface area contributed by atoms with Crippen LogP contribution in [0.1, 0.15) is 51.4 Å². The maximum absolute atomic E-state index is 7.94. The van der Waals surface area contributed by atoms with Crippen molar-refractivity contribution < 1.29 is 4.84 Å². The fourth-order valence-corrected chi connectivity index (χ4v) is 1.63. The van der Waals surface area contributed by atoms with Crippen LogP contribution in [0.5, 0.6) is 0 Å². The van der Waals surface area contributed by atoms with Crippen molar-refractivity contribution in [3.8, 4) is 0 Å². The van der Waals surface area contributed by atoms with Crippen LogP contribution in [0.15, 0.2) is 5.28 Å². The molecule has 0 atom stereocenters. The molecule has 0 saturated carbocycles. The van der Waals surface area contributed by atoms with Crippen molar-refractivity contribution in [2.45, 2.75) is 51.4 Å². The normalized spacial score (nSPS) is 9.67. The molecule has 5 heteroatoms. The van der Waals surface area contributed by atoms with E-state index in [1.165, 1.54) is 38.5 Å². The lowest BCUT2D eigenvalue weighted by molar-refractivity contribution is 0.134. The van der Waals surface area contributed by atoms with E-state index in [-0.39, 0.29) is 0 Å². The molecule has 0 aliphatic heterocycles. The van der Waals surface area contributed by atoms with Crippen molar-refractivity contribution in [1.82, 2.24) is 0 Å². The molecular weight excluding hydrogens is 210 g/mol. The zero-order valence-electron chi connectivity index (χ0n) is 9.27. The molecule has 0 spiro atoms. The average molecular weight is 231 g/mol. The van der Waals surface area contributed by atoms with Gasteiger partial charge in [-0.15, -0.1) is 0 Å². The third-order valence-corrected chi connectivity index (χ3v) is 2.55. The standard InChI is InChI=1S/C10H21N3OS/c11-12-13-14-9-7-5-3-1-2-4-6-8-10-15/h15H,1-10H2. The fraction of sp³-hybridized carbons (Fsp3) is 1.00. The van der Waals surface area contributed by atoms with Crippen LogP contribution in [0.2, 0.25) is 0 Å². The van der Waals surface area contributed by atoms with Gasteiger partial charge in [-0.25, -0.2) is 0 Å². The Morgan fingerprint density at radius 1 is 0.933 bits per heavy atom. The number of nitrogens with zero attached hydrogens (tertiary/aromatic N) is 3. The Kier molecular flexibility index (Phi) is 13.0. The van der Waals surface area contributed by atoms with E-state index < -0.39 is 0 Å². The molecule has 15 heavy (non-hydrogen) atoms. The van der Waals surface area contributed by atoms with Gasteiger partial charge < -0.3 is 4.84 Å². The van der Waals surface area contributed by atoms with E-state index in [1.807, 2.05) is 0 Å². The predicted molar refractivity (Wildman–Crippen MR) is 65.9 cm³/mol. The first kappa shape index (κ1) is 14.5. The second kappa shape index (κ2) is 13.5.